The van der Waals surface area contributed by atoms with E-state index in [-0.39, 0.29) is 30.7 Å². The van der Waals surface area contributed by atoms with E-state index in [1.54, 1.807) is 6.92 Å². The van der Waals surface area contributed by atoms with Gasteiger partial charge in [0.25, 0.3) is 0 Å². The Morgan fingerprint density at radius 1 is 1.25 bits per heavy atom. The maximum Gasteiger partial charge on any atom is 0.315 e. The lowest BCUT2D eigenvalue weighted by Crippen LogP contribution is -2.53. The molecule has 0 aromatic heterocycles. The van der Waals surface area contributed by atoms with Crippen molar-refractivity contribution in [2.75, 3.05) is 13.2 Å². The Balaban J connectivity index is 1.87. The standard InChI is InChI=1S/C14H24N2O4/c1-13(2)5-4-9(6-13)15-12(19)16-10-7-20-8-14(10,3)11(17)18/h9-10H,4-8H2,1-3H3,(H,17,18)(H2,15,16,19). The Kier molecular flexibility index (Phi) is 3.95. The van der Waals surface area contributed by atoms with E-state index < -0.39 is 17.4 Å². The van der Waals surface area contributed by atoms with Crippen LogP contribution in [0.5, 0.6) is 0 Å². The van der Waals surface area contributed by atoms with Crippen LogP contribution in [0.1, 0.15) is 40.0 Å². The van der Waals surface area contributed by atoms with Gasteiger partial charge in [-0.2, -0.15) is 0 Å². The average molecular weight is 284 g/mol. The van der Waals surface area contributed by atoms with E-state index in [2.05, 4.69) is 24.5 Å². The number of amides is 2. The summed E-state index contributed by atoms with van der Waals surface area (Å²) >= 11 is 0. The average Bonchev–Trinajstić information content (AvgIpc) is 2.84. The normalized spacial score (nSPS) is 35.8. The number of urea groups is 1. The highest BCUT2D eigenvalue weighted by molar-refractivity contribution is 5.79. The Morgan fingerprint density at radius 3 is 2.50 bits per heavy atom. The highest BCUT2D eigenvalue weighted by Gasteiger charge is 2.47. The number of carbonyl (C=O) groups is 2. The lowest BCUT2D eigenvalue weighted by atomic mass is 9.85. The Hall–Kier alpha value is -1.30. The predicted molar refractivity (Wildman–Crippen MR) is 73.4 cm³/mol. The molecule has 0 spiro atoms. The molecule has 2 rings (SSSR count). The molecule has 20 heavy (non-hydrogen) atoms. The van der Waals surface area contributed by atoms with Crippen LogP contribution in [0.2, 0.25) is 0 Å². The minimum absolute atomic E-state index is 0.129. The first-order chi connectivity index (χ1) is 9.23. The number of hydrogen-bond donors (Lipinski definition) is 3. The van der Waals surface area contributed by atoms with Gasteiger partial charge in [-0.15, -0.1) is 0 Å². The molecule has 1 saturated carbocycles. The van der Waals surface area contributed by atoms with E-state index in [1.165, 1.54) is 0 Å². The summed E-state index contributed by atoms with van der Waals surface area (Å²) in [5.41, 5.74) is -0.781. The molecule has 1 saturated heterocycles. The van der Waals surface area contributed by atoms with Crippen molar-refractivity contribution in [2.24, 2.45) is 10.8 Å². The van der Waals surface area contributed by atoms with Crippen LogP contribution in [0.25, 0.3) is 0 Å². The number of ether oxygens (including phenoxy) is 1. The third-order valence-electron chi connectivity index (χ3n) is 4.55. The van der Waals surface area contributed by atoms with Gasteiger partial charge in [0.15, 0.2) is 0 Å². The molecule has 3 unspecified atom stereocenters. The van der Waals surface area contributed by atoms with Crippen molar-refractivity contribution in [1.29, 1.82) is 0 Å². The van der Waals surface area contributed by atoms with E-state index in [0.717, 1.165) is 19.3 Å². The Bertz CT molecular complexity index is 410. The van der Waals surface area contributed by atoms with Crippen LogP contribution in [-0.4, -0.2) is 42.4 Å². The maximum absolute atomic E-state index is 12.0. The van der Waals surface area contributed by atoms with Crippen LogP contribution in [0, 0.1) is 10.8 Å². The number of carbonyl (C=O) groups excluding carboxylic acids is 1. The summed E-state index contributed by atoms with van der Waals surface area (Å²) in [6.45, 7) is 6.36. The SMILES string of the molecule is CC1(C)CCC(NC(=O)NC2COCC2(C)C(=O)O)C1. The molecule has 3 atom stereocenters. The van der Waals surface area contributed by atoms with Crippen LogP contribution >= 0.6 is 0 Å². The minimum Gasteiger partial charge on any atom is -0.481 e. The Morgan fingerprint density at radius 2 is 1.95 bits per heavy atom. The lowest BCUT2D eigenvalue weighted by molar-refractivity contribution is -0.148. The van der Waals surface area contributed by atoms with Crippen LogP contribution < -0.4 is 10.6 Å². The molecule has 0 bridgehead atoms. The quantitative estimate of drug-likeness (QED) is 0.730. The van der Waals surface area contributed by atoms with Crippen LogP contribution in [-0.2, 0) is 9.53 Å². The topological polar surface area (TPSA) is 87.7 Å². The maximum atomic E-state index is 12.0. The highest BCUT2D eigenvalue weighted by Crippen LogP contribution is 2.37. The molecule has 0 aromatic rings. The van der Waals surface area contributed by atoms with Crippen molar-refractivity contribution in [3.63, 3.8) is 0 Å². The highest BCUT2D eigenvalue weighted by atomic mass is 16.5. The minimum atomic E-state index is -1.05. The summed E-state index contributed by atoms with van der Waals surface area (Å²) in [5.74, 6) is -0.942. The molecule has 2 amide bonds. The molecule has 6 nitrogen and oxygen atoms in total. The molecule has 0 aromatic carbocycles. The second kappa shape index (κ2) is 5.24. The molecule has 114 valence electrons. The summed E-state index contributed by atoms with van der Waals surface area (Å²) in [6, 6.07) is -0.617. The van der Waals surface area contributed by atoms with Gasteiger partial charge in [0.05, 0.1) is 19.3 Å². The van der Waals surface area contributed by atoms with Crippen molar-refractivity contribution in [3.8, 4) is 0 Å². The summed E-state index contributed by atoms with van der Waals surface area (Å²) in [6.07, 6.45) is 3.02. The van der Waals surface area contributed by atoms with Crippen molar-refractivity contribution in [2.45, 2.75) is 52.1 Å². The van der Waals surface area contributed by atoms with Gasteiger partial charge >= 0.3 is 12.0 Å². The zero-order chi connectivity index (χ0) is 15.0. The van der Waals surface area contributed by atoms with Gasteiger partial charge < -0.3 is 20.5 Å². The molecule has 1 aliphatic carbocycles. The van der Waals surface area contributed by atoms with Gasteiger partial charge in [0, 0.05) is 6.04 Å². The largest absolute Gasteiger partial charge is 0.481 e. The lowest BCUT2D eigenvalue weighted by Gasteiger charge is -2.26. The number of nitrogens with one attached hydrogen (secondary N) is 2. The van der Waals surface area contributed by atoms with Gasteiger partial charge in [-0.3, -0.25) is 4.79 Å². The van der Waals surface area contributed by atoms with E-state index >= 15 is 0 Å². The number of carboxylic acids is 1. The first-order valence-electron chi connectivity index (χ1n) is 7.11. The van der Waals surface area contributed by atoms with Gasteiger partial charge in [-0.05, 0) is 31.6 Å². The van der Waals surface area contributed by atoms with Gasteiger partial charge in [-0.25, -0.2) is 4.79 Å². The summed E-state index contributed by atoms with van der Waals surface area (Å²) in [7, 11) is 0. The van der Waals surface area contributed by atoms with Crippen LogP contribution in [0.4, 0.5) is 4.79 Å². The number of aliphatic carboxylic acids is 1. The second-order valence-electron chi connectivity index (χ2n) is 7.01. The third-order valence-corrected chi connectivity index (χ3v) is 4.55. The molecular formula is C14H24N2O4. The Labute approximate surface area is 119 Å². The van der Waals surface area contributed by atoms with E-state index in [0.29, 0.717) is 0 Å². The first kappa shape index (κ1) is 15.1. The van der Waals surface area contributed by atoms with Crippen molar-refractivity contribution in [3.05, 3.63) is 0 Å². The zero-order valence-electron chi connectivity index (χ0n) is 12.4. The fourth-order valence-corrected chi connectivity index (χ4v) is 3.03. The predicted octanol–water partition coefficient (Wildman–Crippen LogP) is 1.35. The van der Waals surface area contributed by atoms with E-state index in [1.807, 2.05) is 0 Å². The smallest absolute Gasteiger partial charge is 0.315 e. The van der Waals surface area contributed by atoms with Gasteiger partial charge in [-0.1, -0.05) is 13.8 Å². The zero-order valence-corrected chi connectivity index (χ0v) is 12.4. The molecule has 2 aliphatic rings. The molecule has 1 aliphatic heterocycles. The van der Waals surface area contributed by atoms with E-state index in [9.17, 15) is 14.7 Å². The first-order valence-corrected chi connectivity index (χ1v) is 7.11. The second-order valence-corrected chi connectivity index (χ2v) is 7.01. The van der Waals surface area contributed by atoms with Gasteiger partial charge in [0.1, 0.15) is 5.41 Å². The van der Waals surface area contributed by atoms with Crippen molar-refractivity contribution in [1.82, 2.24) is 10.6 Å². The van der Waals surface area contributed by atoms with Crippen molar-refractivity contribution >= 4 is 12.0 Å². The number of carboxylic acid groups (broad SMARTS) is 1. The van der Waals surface area contributed by atoms with Gasteiger partial charge in [0.2, 0.25) is 0 Å². The number of rotatable bonds is 3. The summed E-state index contributed by atoms with van der Waals surface area (Å²) in [4.78, 5) is 23.3. The summed E-state index contributed by atoms with van der Waals surface area (Å²) < 4.78 is 5.21. The molecule has 3 N–H and O–H groups in total. The van der Waals surface area contributed by atoms with Crippen molar-refractivity contribution < 1.29 is 19.4 Å². The molecule has 0 radical (unpaired) electrons. The molecular weight excluding hydrogens is 260 g/mol. The molecule has 2 fully saturated rings. The van der Waals surface area contributed by atoms with Crippen LogP contribution in [0.3, 0.4) is 0 Å². The van der Waals surface area contributed by atoms with E-state index in [4.69, 9.17) is 4.74 Å². The fourth-order valence-electron chi connectivity index (χ4n) is 3.03. The van der Waals surface area contributed by atoms with Crippen LogP contribution in [0.15, 0.2) is 0 Å². The number of hydrogen-bond acceptors (Lipinski definition) is 3. The fraction of sp³-hybridized carbons (Fsp3) is 0.857. The third kappa shape index (κ3) is 3.06. The molecule has 1 heterocycles. The summed E-state index contributed by atoms with van der Waals surface area (Å²) in [5, 5.41) is 14.9. The monoisotopic (exact) mass is 284 g/mol. The molecule has 6 heteroatoms.